The molecule has 0 aliphatic heterocycles. The Balaban J connectivity index is 1.71. The van der Waals surface area contributed by atoms with Crippen molar-refractivity contribution >= 4 is 39.9 Å². The number of carbonyl (C=O) groups excluding carboxylic acids is 2. The molecule has 0 unspecified atom stereocenters. The van der Waals surface area contributed by atoms with Crippen molar-refractivity contribution in [3.8, 4) is 5.75 Å². The molecule has 0 aliphatic rings. The highest BCUT2D eigenvalue weighted by Crippen LogP contribution is 2.25. The normalized spacial score (nSPS) is 11.7. The largest absolute Gasteiger partial charge is 0.481 e. The topological polar surface area (TPSA) is 64.6 Å². The Labute approximate surface area is 174 Å². The number of halogens is 1. The number of hydrogen-bond acceptors (Lipinski definition) is 4. The van der Waals surface area contributed by atoms with E-state index in [-0.39, 0.29) is 17.5 Å². The van der Waals surface area contributed by atoms with Crippen LogP contribution in [0.4, 0.5) is 5.69 Å². The lowest BCUT2D eigenvalue weighted by Gasteiger charge is -2.18. The van der Waals surface area contributed by atoms with E-state index in [4.69, 9.17) is 21.1 Å². The van der Waals surface area contributed by atoms with Crippen LogP contribution in [0.5, 0.6) is 5.75 Å². The van der Waals surface area contributed by atoms with Gasteiger partial charge in [0.2, 0.25) is 0 Å². The van der Waals surface area contributed by atoms with Crippen LogP contribution < -0.4 is 10.1 Å². The van der Waals surface area contributed by atoms with Crippen LogP contribution >= 0.6 is 11.6 Å². The van der Waals surface area contributed by atoms with Gasteiger partial charge >= 0.3 is 5.97 Å². The molecular formula is C23H22ClNO4. The maximum Gasteiger partial charge on any atom is 0.338 e. The Morgan fingerprint density at radius 3 is 2.45 bits per heavy atom. The van der Waals surface area contributed by atoms with Crippen LogP contribution in [0.1, 0.15) is 30.6 Å². The minimum absolute atomic E-state index is 0.254. The van der Waals surface area contributed by atoms with Crippen molar-refractivity contribution in [2.75, 3.05) is 11.9 Å². The lowest BCUT2D eigenvalue weighted by molar-refractivity contribution is -0.122. The monoisotopic (exact) mass is 411 g/mol. The van der Waals surface area contributed by atoms with E-state index in [2.05, 4.69) is 5.32 Å². The molecule has 0 aromatic heterocycles. The lowest BCUT2D eigenvalue weighted by Crippen LogP contribution is -2.32. The molecule has 0 heterocycles. The summed E-state index contributed by atoms with van der Waals surface area (Å²) in [5.74, 6) is -0.153. The zero-order valence-corrected chi connectivity index (χ0v) is 17.0. The Bertz CT molecular complexity index is 1030. The number of ether oxygens (including phenoxy) is 2. The molecule has 0 aliphatic carbocycles. The molecule has 5 nitrogen and oxygen atoms in total. The fourth-order valence-electron chi connectivity index (χ4n) is 2.90. The van der Waals surface area contributed by atoms with E-state index in [1.807, 2.05) is 49.4 Å². The number of carbonyl (C=O) groups is 2. The Morgan fingerprint density at radius 1 is 1.00 bits per heavy atom. The molecule has 0 bridgehead atoms. The summed E-state index contributed by atoms with van der Waals surface area (Å²) in [6.07, 6.45) is -0.200. The number of esters is 1. The van der Waals surface area contributed by atoms with Gasteiger partial charge in [-0.15, -0.1) is 0 Å². The molecule has 0 spiro atoms. The van der Waals surface area contributed by atoms with E-state index >= 15 is 0 Å². The number of nitrogens with one attached hydrogen (secondary N) is 1. The molecule has 1 amide bonds. The summed E-state index contributed by atoms with van der Waals surface area (Å²) in [7, 11) is 0. The molecule has 0 radical (unpaired) electrons. The van der Waals surface area contributed by atoms with Gasteiger partial charge < -0.3 is 14.8 Å². The summed E-state index contributed by atoms with van der Waals surface area (Å²) >= 11 is 6.23. The van der Waals surface area contributed by atoms with Crippen molar-refractivity contribution in [3.05, 3.63) is 71.2 Å². The van der Waals surface area contributed by atoms with Crippen LogP contribution in [0.3, 0.4) is 0 Å². The number of hydrogen-bond donors (Lipinski definition) is 1. The third kappa shape index (κ3) is 5.06. The predicted molar refractivity (Wildman–Crippen MR) is 115 cm³/mol. The van der Waals surface area contributed by atoms with Gasteiger partial charge in [0.05, 0.1) is 22.9 Å². The van der Waals surface area contributed by atoms with Crippen molar-refractivity contribution in [1.82, 2.24) is 0 Å². The molecule has 150 valence electrons. The Morgan fingerprint density at radius 2 is 1.76 bits per heavy atom. The van der Waals surface area contributed by atoms with Crippen LogP contribution in [0.25, 0.3) is 10.8 Å². The van der Waals surface area contributed by atoms with E-state index in [9.17, 15) is 9.59 Å². The highest BCUT2D eigenvalue weighted by Gasteiger charge is 2.20. The zero-order valence-electron chi connectivity index (χ0n) is 16.3. The molecule has 1 N–H and O–H groups in total. The van der Waals surface area contributed by atoms with Gasteiger partial charge in [0, 0.05) is 0 Å². The van der Waals surface area contributed by atoms with Crippen molar-refractivity contribution in [2.45, 2.75) is 26.4 Å². The molecule has 3 aromatic rings. The van der Waals surface area contributed by atoms with E-state index in [1.54, 1.807) is 19.1 Å². The number of anilines is 1. The van der Waals surface area contributed by atoms with Gasteiger partial charge in [-0.3, -0.25) is 4.79 Å². The number of fused-ring (bicyclic) bond motifs is 1. The molecule has 0 fully saturated rings. The third-order valence-electron chi connectivity index (χ3n) is 4.40. The van der Waals surface area contributed by atoms with E-state index in [0.717, 1.165) is 10.8 Å². The third-order valence-corrected chi connectivity index (χ3v) is 4.71. The average Bonchev–Trinajstić information content (AvgIpc) is 2.73. The molecule has 0 saturated heterocycles. The fourth-order valence-corrected chi connectivity index (χ4v) is 3.13. The van der Waals surface area contributed by atoms with Gasteiger partial charge in [0.25, 0.3) is 5.91 Å². The maximum atomic E-state index is 12.7. The van der Waals surface area contributed by atoms with Gasteiger partial charge in [0.1, 0.15) is 5.75 Å². The second-order valence-electron chi connectivity index (χ2n) is 6.43. The molecule has 0 saturated carbocycles. The summed E-state index contributed by atoms with van der Waals surface area (Å²) in [5, 5.41) is 5.17. The minimum Gasteiger partial charge on any atom is -0.481 e. The zero-order chi connectivity index (χ0) is 20.8. The molecule has 6 heteroatoms. The van der Waals surface area contributed by atoms with E-state index in [0.29, 0.717) is 23.4 Å². The van der Waals surface area contributed by atoms with E-state index < -0.39 is 12.1 Å². The smallest absolute Gasteiger partial charge is 0.338 e. The molecule has 3 aromatic carbocycles. The Hall–Kier alpha value is -3.05. The second-order valence-corrected chi connectivity index (χ2v) is 6.84. The van der Waals surface area contributed by atoms with Gasteiger partial charge in [-0.25, -0.2) is 4.79 Å². The highest BCUT2D eigenvalue weighted by molar-refractivity contribution is 6.34. The van der Waals surface area contributed by atoms with Crippen molar-refractivity contribution < 1.29 is 19.1 Å². The standard InChI is InChI=1S/C23H22ClNO4/c1-3-21(29-18-11-9-15-7-5-6-8-16(15)13-18)22(26)25-20-12-10-17(14-19(20)24)23(27)28-4-2/h5-14,21H,3-4H2,1-2H3,(H,25,26)/t21-/m0/s1. The lowest BCUT2D eigenvalue weighted by atomic mass is 10.1. The molecule has 29 heavy (non-hydrogen) atoms. The number of rotatable bonds is 7. The molecule has 3 rings (SSSR count). The quantitative estimate of drug-likeness (QED) is 0.524. The van der Waals surface area contributed by atoms with Crippen molar-refractivity contribution in [2.24, 2.45) is 0 Å². The van der Waals surface area contributed by atoms with Crippen LogP contribution in [-0.2, 0) is 9.53 Å². The van der Waals surface area contributed by atoms with Crippen LogP contribution in [0.2, 0.25) is 5.02 Å². The first kappa shape index (κ1) is 20.7. The maximum absolute atomic E-state index is 12.7. The highest BCUT2D eigenvalue weighted by atomic mass is 35.5. The summed E-state index contributed by atoms with van der Waals surface area (Å²) in [6, 6.07) is 18.3. The number of amides is 1. The van der Waals surface area contributed by atoms with Crippen molar-refractivity contribution in [3.63, 3.8) is 0 Å². The number of benzene rings is 3. The van der Waals surface area contributed by atoms with Crippen LogP contribution in [0.15, 0.2) is 60.7 Å². The SMILES string of the molecule is CCOC(=O)c1ccc(NC(=O)[C@H](CC)Oc2ccc3ccccc3c2)c(Cl)c1. The first-order valence-corrected chi connectivity index (χ1v) is 9.82. The second kappa shape index (κ2) is 9.43. The predicted octanol–water partition coefficient (Wildman–Crippen LogP) is 5.47. The van der Waals surface area contributed by atoms with Gasteiger partial charge in [-0.2, -0.15) is 0 Å². The summed E-state index contributed by atoms with van der Waals surface area (Å²) < 4.78 is 10.9. The van der Waals surface area contributed by atoms with E-state index in [1.165, 1.54) is 6.07 Å². The van der Waals surface area contributed by atoms with Crippen LogP contribution in [-0.4, -0.2) is 24.6 Å². The Kier molecular flexibility index (Phi) is 6.73. The summed E-state index contributed by atoms with van der Waals surface area (Å²) in [5.41, 5.74) is 0.736. The minimum atomic E-state index is -0.683. The average molecular weight is 412 g/mol. The summed E-state index contributed by atoms with van der Waals surface area (Å²) in [6.45, 7) is 3.88. The first-order chi connectivity index (χ1) is 14.0. The summed E-state index contributed by atoms with van der Waals surface area (Å²) in [4.78, 5) is 24.5. The van der Waals surface area contributed by atoms with Crippen LogP contribution in [0, 0.1) is 0 Å². The van der Waals surface area contributed by atoms with Crippen molar-refractivity contribution in [1.29, 1.82) is 0 Å². The fraction of sp³-hybridized carbons (Fsp3) is 0.217. The molecular weight excluding hydrogens is 390 g/mol. The van der Waals surface area contributed by atoms with Gasteiger partial charge in [0.15, 0.2) is 6.10 Å². The molecule has 1 atom stereocenters. The van der Waals surface area contributed by atoms with Gasteiger partial charge in [-0.05, 0) is 54.4 Å². The van der Waals surface area contributed by atoms with Gasteiger partial charge in [-0.1, -0.05) is 48.9 Å². The first-order valence-electron chi connectivity index (χ1n) is 9.44.